The summed E-state index contributed by atoms with van der Waals surface area (Å²) in [7, 11) is -3.50. The third-order valence-electron chi connectivity index (χ3n) is 5.23. The van der Waals surface area contributed by atoms with Crippen molar-refractivity contribution in [1.82, 2.24) is 9.21 Å². The molecule has 4 nitrogen and oxygen atoms in total. The summed E-state index contributed by atoms with van der Waals surface area (Å²) in [6.07, 6.45) is 2.87. The molecule has 4 rings (SSSR count). The highest BCUT2D eigenvalue weighted by Gasteiger charge is 2.33. The Hall–Kier alpha value is -0.920. The molecule has 0 atom stereocenters. The van der Waals surface area contributed by atoms with Gasteiger partial charge >= 0.3 is 0 Å². The summed E-state index contributed by atoms with van der Waals surface area (Å²) >= 11 is 7.95. The van der Waals surface area contributed by atoms with Gasteiger partial charge in [-0.1, -0.05) is 23.7 Å². The van der Waals surface area contributed by atoms with Gasteiger partial charge in [-0.3, -0.25) is 4.90 Å². The summed E-state index contributed by atoms with van der Waals surface area (Å²) in [6, 6.07) is 9.38. The molecular formula is C18H21ClN2O2S2. The highest BCUT2D eigenvalue weighted by Crippen LogP contribution is 2.30. The van der Waals surface area contributed by atoms with Crippen LogP contribution in [0.5, 0.6) is 0 Å². The van der Waals surface area contributed by atoms with Crippen LogP contribution in [0.25, 0.3) is 0 Å². The van der Waals surface area contributed by atoms with Crippen LogP contribution in [0.15, 0.2) is 40.6 Å². The molecule has 2 aliphatic heterocycles. The van der Waals surface area contributed by atoms with Gasteiger partial charge in [0.2, 0.25) is 10.0 Å². The lowest BCUT2D eigenvalue weighted by Gasteiger charge is -2.39. The quantitative estimate of drug-likeness (QED) is 0.795. The third-order valence-corrected chi connectivity index (χ3v) is 8.65. The van der Waals surface area contributed by atoms with Crippen molar-refractivity contribution in [3.05, 3.63) is 51.2 Å². The fraction of sp³-hybridized carbons (Fsp3) is 0.444. The first-order chi connectivity index (χ1) is 12.1. The molecule has 2 aromatic rings. The van der Waals surface area contributed by atoms with Gasteiger partial charge in [-0.25, -0.2) is 8.42 Å². The van der Waals surface area contributed by atoms with Crippen molar-refractivity contribution in [2.24, 2.45) is 0 Å². The van der Waals surface area contributed by atoms with Crippen LogP contribution < -0.4 is 0 Å². The number of fused-ring (bicyclic) bond motifs is 1. The summed E-state index contributed by atoms with van der Waals surface area (Å²) in [5.41, 5.74) is 1.45. The number of sulfonamides is 1. The minimum Gasteiger partial charge on any atom is -0.296 e. The van der Waals surface area contributed by atoms with Crippen molar-refractivity contribution in [3.63, 3.8) is 0 Å². The van der Waals surface area contributed by atoms with Crippen LogP contribution in [-0.4, -0.2) is 43.3 Å². The van der Waals surface area contributed by atoms with E-state index in [0.717, 1.165) is 32.4 Å². The van der Waals surface area contributed by atoms with Crippen LogP contribution in [0.2, 0.25) is 5.02 Å². The minimum atomic E-state index is -3.50. The van der Waals surface area contributed by atoms with E-state index in [0.29, 0.717) is 24.2 Å². The first-order valence-electron chi connectivity index (χ1n) is 8.59. The maximum Gasteiger partial charge on any atom is 0.244 e. The minimum absolute atomic E-state index is 0.219. The standard InChI is InChI=1S/C18H21ClN2O2S2/c19-16-3-1-2-4-18(16)25(22,23)21-10-5-15(6-11-21)20-9-7-17-14(13-20)8-12-24-17/h1-4,8,12,15H,5-7,9-11,13H2. The molecular weight excluding hydrogens is 376 g/mol. The largest absolute Gasteiger partial charge is 0.296 e. The highest BCUT2D eigenvalue weighted by atomic mass is 35.5. The smallest absolute Gasteiger partial charge is 0.244 e. The van der Waals surface area contributed by atoms with E-state index in [1.54, 1.807) is 28.6 Å². The summed E-state index contributed by atoms with van der Waals surface area (Å²) < 4.78 is 27.3. The zero-order valence-corrected chi connectivity index (χ0v) is 16.3. The van der Waals surface area contributed by atoms with Crippen LogP contribution >= 0.6 is 22.9 Å². The molecule has 0 aliphatic carbocycles. The Labute approximate surface area is 158 Å². The van der Waals surface area contributed by atoms with Gasteiger partial charge in [0.1, 0.15) is 4.90 Å². The number of benzene rings is 1. The number of halogens is 1. The number of hydrogen-bond donors (Lipinski definition) is 0. The van der Waals surface area contributed by atoms with Crippen molar-refractivity contribution in [1.29, 1.82) is 0 Å². The highest BCUT2D eigenvalue weighted by molar-refractivity contribution is 7.89. The predicted molar refractivity (Wildman–Crippen MR) is 102 cm³/mol. The Bertz CT molecular complexity index is 857. The summed E-state index contributed by atoms with van der Waals surface area (Å²) in [5.74, 6) is 0. The second kappa shape index (κ2) is 7.00. The maximum absolute atomic E-state index is 12.8. The zero-order chi connectivity index (χ0) is 17.4. The molecule has 134 valence electrons. The molecule has 0 saturated carbocycles. The topological polar surface area (TPSA) is 40.6 Å². The first-order valence-corrected chi connectivity index (χ1v) is 11.3. The van der Waals surface area contributed by atoms with Crippen molar-refractivity contribution in [2.75, 3.05) is 19.6 Å². The number of piperidine rings is 1. The molecule has 0 N–H and O–H groups in total. The molecule has 3 heterocycles. The van der Waals surface area contributed by atoms with Gasteiger partial charge in [-0.15, -0.1) is 11.3 Å². The lowest BCUT2D eigenvalue weighted by atomic mass is 10.0. The van der Waals surface area contributed by atoms with Crippen LogP contribution in [0, 0.1) is 0 Å². The van der Waals surface area contributed by atoms with Gasteiger partial charge in [-0.05, 0) is 48.4 Å². The Morgan fingerprint density at radius 3 is 2.60 bits per heavy atom. The molecule has 1 aromatic carbocycles. The second-order valence-electron chi connectivity index (χ2n) is 6.66. The lowest BCUT2D eigenvalue weighted by Crippen LogP contribution is -2.47. The first kappa shape index (κ1) is 17.5. The monoisotopic (exact) mass is 396 g/mol. The maximum atomic E-state index is 12.8. The number of rotatable bonds is 3. The van der Waals surface area contributed by atoms with Crippen LogP contribution in [0.4, 0.5) is 0 Å². The van der Waals surface area contributed by atoms with E-state index in [1.807, 2.05) is 11.3 Å². The lowest BCUT2D eigenvalue weighted by molar-refractivity contribution is 0.127. The number of nitrogens with zero attached hydrogens (tertiary/aromatic N) is 2. The molecule has 0 radical (unpaired) electrons. The number of thiophene rings is 1. The van der Waals surface area contributed by atoms with Crippen LogP contribution in [0.1, 0.15) is 23.3 Å². The van der Waals surface area contributed by atoms with E-state index in [9.17, 15) is 8.42 Å². The molecule has 0 bridgehead atoms. The average Bonchev–Trinajstić information content (AvgIpc) is 3.10. The van der Waals surface area contributed by atoms with Crippen molar-refractivity contribution < 1.29 is 8.42 Å². The molecule has 1 aromatic heterocycles. The predicted octanol–water partition coefficient (Wildman–Crippen LogP) is 3.61. The SMILES string of the molecule is O=S(=O)(c1ccccc1Cl)N1CCC(N2CCc3sccc3C2)CC1. The van der Waals surface area contributed by atoms with Gasteiger partial charge in [0.05, 0.1) is 5.02 Å². The fourth-order valence-corrected chi connectivity index (χ4v) is 6.68. The van der Waals surface area contributed by atoms with E-state index in [2.05, 4.69) is 16.3 Å². The molecule has 1 saturated heterocycles. The van der Waals surface area contributed by atoms with Gasteiger partial charge < -0.3 is 0 Å². The van der Waals surface area contributed by atoms with Crippen LogP contribution in [-0.2, 0) is 23.0 Å². The zero-order valence-electron chi connectivity index (χ0n) is 13.9. The Balaban J connectivity index is 1.43. The molecule has 25 heavy (non-hydrogen) atoms. The molecule has 1 fully saturated rings. The third kappa shape index (κ3) is 3.38. The van der Waals surface area contributed by atoms with Gasteiger partial charge in [-0.2, -0.15) is 4.31 Å². The van der Waals surface area contributed by atoms with Gasteiger partial charge in [0.15, 0.2) is 0 Å². The molecule has 2 aliphatic rings. The van der Waals surface area contributed by atoms with E-state index < -0.39 is 10.0 Å². The van der Waals surface area contributed by atoms with Crippen molar-refractivity contribution in [3.8, 4) is 0 Å². The van der Waals surface area contributed by atoms with Crippen LogP contribution in [0.3, 0.4) is 0 Å². The number of hydrogen-bond acceptors (Lipinski definition) is 4. The van der Waals surface area contributed by atoms with Gasteiger partial charge in [0, 0.05) is 37.1 Å². The Kier molecular flexibility index (Phi) is 4.90. The Morgan fingerprint density at radius 1 is 1.08 bits per heavy atom. The normalized spacial score (nSPS) is 20.5. The van der Waals surface area contributed by atoms with Crippen molar-refractivity contribution in [2.45, 2.75) is 36.7 Å². The molecule has 7 heteroatoms. The average molecular weight is 397 g/mol. The fourth-order valence-electron chi connectivity index (χ4n) is 3.82. The summed E-state index contributed by atoms with van der Waals surface area (Å²) in [6.45, 7) is 3.20. The van der Waals surface area contributed by atoms with Gasteiger partial charge in [0.25, 0.3) is 0 Å². The summed E-state index contributed by atoms with van der Waals surface area (Å²) in [5, 5.41) is 2.47. The molecule has 0 amide bonds. The van der Waals surface area contributed by atoms with E-state index in [1.165, 1.54) is 10.4 Å². The molecule has 0 unspecified atom stereocenters. The second-order valence-corrected chi connectivity index (χ2v) is 9.97. The van der Waals surface area contributed by atoms with E-state index in [-0.39, 0.29) is 4.90 Å². The Morgan fingerprint density at radius 2 is 1.84 bits per heavy atom. The molecule has 0 spiro atoms. The summed E-state index contributed by atoms with van der Waals surface area (Å²) in [4.78, 5) is 4.25. The van der Waals surface area contributed by atoms with E-state index >= 15 is 0 Å². The van der Waals surface area contributed by atoms with Crippen molar-refractivity contribution >= 4 is 33.0 Å². The van der Waals surface area contributed by atoms with E-state index in [4.69, 9.17) is 11.6 Å².